The van der Waals surface area contributed by atoms with Crippen molar-refractivity contribution in [3.63, 3.8) is 0 Å². The molecule has 3 rings (SSSR count). The van der Waals surface area contributed by atoms with E-state index in [2.05, 4.69) is 17.3 Å². The number of nitrogens with one attached hydrogen (secondary N) is 1. The highest BCUT2D eigenvalue weighted by atomic mass is 35.5. The van der Waals surface area contributed by atoms with Crippen molar-refractivity contribution in [1.82, 2.24) is 10.2 Å². The van der Waals surface area contributed by atoms with Crippen molar-refractivity contribution in [3.8, 4) is 11.5 Å². The van der Waals surface area contributed by atoms with Crippen molar-refractivity contribution in [2.45, 2.75) is 31.4 Å². The van der Waals surface area contributed by atoms with Gasteiger partial charge in [0, 0.05) is 35.8 Å². The minimum Gasteiger partial charge on any atom is -0.493 e. The fourth-order valence-corrected chi connectivity index (χ4v) is 3.37. The number of nitrogens with zero attached hydrogens (tertiary/aromatic N) is 1. The molecule has 4 nitrogen and oxygen atoms in total. The van der Waals surface area contributed by atoms with E-state index in [0.717, 1.165) is 43.1 Å². The number of benzene rings is 1. The summed E-state index contributed by atoms with van der Waals surface area (Å²) in [6.07, 6.45) is 3.64. The van der Waals surface area contributed by atoms with E-state index < -0.39 is 0 Å². The third-order valence-electron chi connectivity index (χ3n) is 4.26. The van der Waals surface area contributed by atoms with Gasteiger partial charge in [-0.2, -0.15) is 0 Å². The summed E-state index contributed by atoms with van der Waals surface area (Å²) in [5.41, 5.74) is 1.15. The van der Waals surface area contributed by atoms with E-state index in [4.69, 9.17) is 21.1 Å². The maximum atomic E-state index is 6.23. The average Bonchev–Trinajstić information content (AvgIpc) is 2.92. The zero-order valence-corrected chi connectivity index (χ0v) is 13.4. The standard InChI is InChI=1S/C16H23ClN2O2/c1-19-9-14(10-19)21-16-11(7-13-4-3-5-18-13)6-12(17)8-15(16)20-2/h6,8,13-14,18H,3-5,7,9-10H2,1-2H3. The van der Waals surface area contributed by atoms with Gasteiger partial charge in [-0.1, -0.05) is 11.6 Å². The molecule has 2 aliphatic heterocycles. The lowest BCUT2D eigenvalue weighted by Crippen LogP contribution is -2.51. The van der Waals surface area contributed by atoms with Gasteiger partial charge in [-0.3, -0.25) is 4.90 Å². The summed E-state index contributed by atoms with van der Waals surface area (Å²) < 4.78 is 11.7. The van der Waals surface area contributed by atoms with Crippen LogP contribution in [0.15, 0.2) is 12.1 Å². The van der Waals surface area contributed by atoms with Crippen molar-refractivity contribution in [1.29, 1.82) is 0 Å². The van der Waals surface area contributed by atoms with Gasteiger partial charge in [0.25, 0.3) is 0 Å². The van der Waals surface area contributed by atoms with Crippen LogP contribution in [0.2, 0.25) is 5.02 Å². The molecule has 2 fully saturated rings. The molecule has 1 unspecified atom stereocenters. The van der Waals surface area contributed by atoms with E-state index in [-0.39, 0.29) is 6.10 Å². The van der Waals surface area contributed by atoms with Gasteiger partial charge in [-0.15, -0.1) is 0 Å². The molecule has 21 heavy (non-hydrogen) atoms. The number of likely N-dealkylation sites (tertiary alicyclic amines) is 1. The number of ether oxygens (including phenoxy) is 2. The Labute approximate surface area is 131 Å². The van der Waals surface area contributed by atoms with Crippen molar-refractivity contribution >= 4 is 11.6 Å². The fourth-order valence-electron chi connectivity index (χ4n) is 3.14. The van der Waals surface area contributed by atoms with Crippen LogP contribution in [-0.2, 0) is 6.42 Å². The molecule has 2 aliphatic rings. The first kappa shape index (κ1) is 14.9. The van der Waals surface area contributed by atoms with E-state index in [9.17, 15) is 0 Å². The molecule has 0 bridgehead atoms. The van der Waals surface area contributed by atoms with E-state index in [1.54, 1.807) is 7.11 Å². The zero-order chi connectivity index (χ0) is 14.8. The summed E-state index contributed by atoms with van der Waals surface area (Å²) in [5.74, 6) is 1.61. The molecule has 0 aliphatic carbocycles. The monoisotopic (exact) mass is 310 g/mol. The highest BCUT2D eigenvalue weighted by Gasteiger charge is 2.28. The first-order chi connectivity index (χ1) is 10.2. The summed E-state index contributed by atoms with van der Waals surface area (Å²) in [7, 11) is 3.77. The Bertz CT molecular complexity index is 497. The van der Waals surface area contributed by atoms with E-state index in [1.165, 1.54) is 12.8 Å². The second-order valence-corrected chi connectivity index (χ2v) is 6.49. The van der Waals surface area contributed by atoms with Gasteiger partial charge < -0.3 is 14.8 Å². The fraction of sp³-hybridized carbons (Fsp3) is 0.625. The summed E-state index contributed by atoms with van der Waals surface area (Å²) in [6, 6.07) is 4.37. The molecule has 1 N–H and O–H groups in total. The van der Waals surface area contributed by atoms with Crippen LogP contribution < -0.4 is 14.8 Å². The predicted molar refractivity (Wildman–Crippen MR) is 84.6 cm³/mol. The Hall–Kier alpha value is -0.970. The molecule has 2 heterocycles. The largest absolute Gasteiger partial charge is 0.493 e. The summed E-state index contributed by atoms with van der Waals surface area (Å²) in [4.78, 5) is 2.24. The van der Waals surface area contributed by atoms with Gasteiger partial charge >= 0.3 is 0 Å². The van der Waals surface area contributed by atoms with Crippen LogP contribution in [0.3, 0.4) is 0 Å². The molecule has 0 aromatic heterocycles. The SMILES string of the molecule is COc1cc(Cl)cc(CC2CCCN2)c1OC1CN(C)C1. The summed E-state index contributed by atoms with van der Waals surface area (Å²) in [5, 5.41) is 4.24. The molecule has 116 valence electrons. The Morgan fingerprint density at radius 2 is 2.19 bits per heavy atom. The quantitative estimate of drug-likeness (QED) is 0.905. The second kappa shape index (κ2) is 6.42. The van der Waals surface area contributed by atoms with Crippen LogP contribution in [0.25, 0.3) is 0 Å². The molecule has 2 saturated heterocycles. The molecule has 1 atom stereocenters. The molecule has 1 aromatic carbocycles. The number of methoxy groups -OCH3 is 1. The van der Waals surface area contributed by atoms with Gasteiger partial charge in [0.15, 0.2) is 11.5 Å². The van der Waals surface area contributed by atoms with Crippen molar-refractivity contribution in [2.24, 2.45) is 0 Å². The highest BCUT2D eigenvalue weighted by molar-refractivity contribution is 6.30. The van der Waals surface area contributed by atoms with Crippen molar-refractivity contribution in [3.05, 3.63) is 22.7 Å². The maximum absolute atomic E-state index is 6.23. The van der Waals surface area contributed by atoms with Gasteiger partial charge in [-0.25, -0.2) is 0 Å². The van der Waals surface area contributed by atoms with E-state index >= 15 is 0 Å². The lowest BCUT2D eigenvalue weighted by Gasteiger charge is -2.36. The third-order valence-corrected chi connectivity index (χ3v) is 4.48. The third kappa shape index (κ3) is 3.44. The molecule has 1 aromatic rings. The zero-order valence-electron chi connectivity index (χ0n) is 12.7. The Morgan fingerprint density at radius 1 is 1.38 bits per heavy atom. The van der Waals surface area contributed by atoms with Gasteiger partial charge in [0.05, 0.1) is 7.11 Å². The minimum atomic E-state index is 0.250. The topological polar surface area (TPSA) is 33.7 Å². The minimum absolute atomic E-state index is 0.250. The van der Waals surface area contributed by atoms with Gasteiger partial charge in [-0.05, 0) is 38.9 Å². The number of hydrogen-bond acceptors (Lipinski definition) is 4. The van der Waals surface area contributed by atoms with Gasteiger partial charge in [0.2, 0.25) is 0 Å². The first-order valence-corrected chi connectivity index (χ1v) is 7.98. The van der Waals surface area contributed by atoms with Crippen molar-refractivity contribution < 1.29 is 9.47 Å². The predicted octanol–water partition coefficient (Wildman–Crippen LogP) is 2.34. The van der Waals surface area contributed by atoms with E-state index in [0.29, 0.717) is 11.1 Å². The van der Waals surface area contributed by atoms with Gasteiger partial charge in [0.1, 0.15) is 6.10 Å². The number of halogens is 1. The summed E-state index contributed by atoms with van der Waals surface area (Å²) in [6.45, 7) is 3.03. The lowest BCUT2D eigenvalue weighted by molar-refractivity contribution is 0.0362. The molecule has 0 amide bonds. The van der Waals surface area contributed by atoms with Crippen LogP contribution in [0, 0.1) is 0 Å². The van der Waals surface area contributed by atoms with Crippen LogP contribution in [0.5, 0.6) is 11.5 Å². The average molecular weight is 311 g/mol. The Balaban J connectivity index is 1.82. The van der Waals surface area contributed by atoms with Crippen LogP contribution in [-0.4, -0.2) is 50.8 Å². The Morgan fingerprint density at radius 3 is 2.81 bits per heavy atom. The smallest absolute Gasteiger partial charge is 0.165 e. The molecule has 0 spiro atoms. The number of hydrogen-bond donors (Lipinski definition) is 1. The lowest BCUT2D eigenvalue weighted by atomic mass is 10.0. The van der Waals surface area contributed by atoms with Crippen LogP contribution in [0.1, 0.15) is 18.4 Å². The van der Waals surface area contributed by atoms with Crippen LogP contribution >= 0.6 is 11.6 Å². The van der Waals surface area contributed by atoms with Crippen molar-refractivity contribution in [2.75, 3.05) is 33.8 Å². The first-order valence-electron chi connectivity index (χ1n) is 7.60. The molecular weight excluding hydrogens is 288 g/mol. The Kier molecular flexibility index (Phi) is 4.57. The molecular formula is C16H23ClN2O2. The maximum Gasteiger partial charge on any atom is 0.165 e. The molecule has 5 heteroatoms. The normalized spacial score (nSPS) is 23.1. The highest BCUT2D eigenvalue weighted by Crippen LogP contribution is 2.37. The second-order valence-electron chi connectivity index (χ2n) is 6.05. The number of likely N-dealkylation sites (N-methyl/N-ethyl adjacent to an activating group) is 1. The molecule has 0 radical (unpaired) electrons. The van der Waals surface area contributed by atoms with Crippen LogP contribution in [0.4, 0.5) is 0 Å². The summed E-state index contributed by atoms with van der Waals surface area (Å²) >= 11 is 6.23. The van der Waals surface area contributed by atoms with E-state index in [1.807, 2.05) is 12.1 Å². The molecule has 0 saturated carbocycles. The number of rotatable bonds is 5.